The molecule has 1 aromatic carbocycles. The lowest BCUT2D eigenvalue weighted by Crippen LogP contribution is -2.66. The maximum atomic E-state index is 13.3. The number of rotatable bonds is 4. The first-order valence-electron chi connectivity index (χ1n) is 16.6. The summed E-state index contributed by atoms with van der Waals surface area (Å²) in [7, 11) is 1.44. The fraction of sp³-hybridized carbons (Fsp3) is 0.737. The Morgan fingerprint density at radius 2 is 1.60 bits per heavy atom. The van der Waals surface area contributed by atoms with Gasteiger partial charge in [0.2, 0.25) is 0 Å². The van der Waals surface area contributed by atoms with Crippen molar-refractivity contribution in [2.75, 3.05) is 7.11 Å². The number of methoxy groups -OCH3 is 1. The van der Waals surface area contributed by atoms with Crippen molar-refractivity contribution in [2.24, 2.45) is 50.2 Å². The zero-order valence-electron chi connectivity index (χ0n) is 27.5. The molecule has 0 amide bonds. The van der Waals surface area contributed by atoms with Gasteiger partial charge in [-0.15, -0.1) is 0 Å². The predicted molar refractivity (Wildman–Crippen MR) is 166 cm³/mol. The fourth-order valence-corrected chi connectivity index (χ4v) is 11.6. The van der Waals surface area contributed by atoms with Crippen molar-refractivity contribution in [2.45, 2.75) is 119 Å². The third-order valence-electron chi connectivity index (χ3n) is 14.4. The molecule has 42 heavy (non-hydrogen) atoms. The van der Waals surface area contributed by atoms with E-state index in [0.717, 1.165) is 32.1 Å². The molecular weight excluding hydrogens is 520 g/mol. The maximum Gasteiger partial charge on any atom is 0.319 e. The molecule has 0 spiro atoms. The smallest absolute Gasteiger partial charge is 0.319 e. The molecule has 4 nitrogen and oxygen atoms in total. The van der Waals surface area contributed by atoms with Crippen LogP contribution in [0.15, 0.2) is 42.0 Å². The standard InChI is InChI=1S/C38H54O4/c1-33(2)22-27-26-14-15-28-35(4)18-17-30(39)38(7,32(40)41-8)29(35)16-19-37(28,6)36(26,5)21-20-34(27,3)31(23-33)42-24-25-12-10-9-11-13-25/h9-14,27-29,31H,15-24H2,1-8H3/t27-,28-,29?,31-,34-,35-,36-,37-,38?/m1/s1. The highest BCUT2D eigenvalue weighted by Gasteiger charge is 2.70. The number of esters is 1. The molecule has 4 saturated carbocycles. The van der Waals surface area contributed by atoms with E-state index in [9.17, 15) is 9.59 Å². The molecule has 230 valence electrons. The highest BCUT2D eigenvalue weighted by atomic mass is 16.5. The van der Waals surface area contributed by atoms with Gasteiger partial charge in [-0.05, 0) is 103 Å². The number of carbonyl (C=O) groups excluding carboxylic acids is 2. The van der Waals surface area contributed by atoms with E-state index in [2.05, 4.69) is 78.0 Å². The van der Waals surface area contributed by atoms with Crippen LogP contribution in [0.1, 0.15) is 112 Å². The molecule has 0 aromatic heterocycles. The van der Waals surface area contributed by atoms with Crippen LogP contribution < -0.4 is 0 Å². The average Bonchev–Trinajstić information content (AvgIpc) is 2.95. The summed E-state index contributed by atoms with van der Waals surface area (Å²) in [6.07, 6.45) is 12.0. The van der Waals surface area contributed by atoms with Gasteiger partial charge in [0.1, 0.15) is 11.2 Å². The lowest BCUT2D eigenvalue weighted by atomic mass is 9.33. The normalized spacial score (nSPS) is 45.9. The highest BCUT2D eigenvalue weighted by molar-refractivity contribution is 6.04. The minimum absolute atomic E-state index is 0.0357. The lowest BCUT2D eigenvalue weighted by molar-refractivity contribution is -0.203. The van der Waals surface area contributed by atoms with E-state index in [0.29, 0.717) is 24.9 Å². The molecule has 9 atom stereocenters. The van der Waals surface area contributed by atoms with Gasteiger partial charge in [0.15, 0.2) is 0 Å². The molecule has 5 aliphatic carbocycles. The quantitative estimate of drug-likeness (QED) is 0.205. The first kappa shape index (κ1) is 30.1. The first-order chi connectivity index (χ1) is 19.7. The van der Waals surface area contributed by atoms with Crippen LogP contribution in [0.3, 0.4) is 0 Å². The van der Waals surface area contributed by atoms with Crippen LogP contribution in [0.2, 0.25) is 0 Å². The Morgan fingerprint density at radius 1 is 0.881 bits per heavy atom. The Balaban J connectivity index is 1.36. The average molecular weight is 575 g/mol. The molecule has 4 fully saturated rings. The second kappa shape index (κ2) is 9.78. The second-order valence-electron chi connectivity index (χ2n) is 16.8. The fourth-order valence-electron chi connectivity index (χ4n) is 11.6. The van der Waals surface area contributed by atoms with Crippen LogP contribution in [-0.2, 0) is 25.7 Å². The van der Waals surface area contributed by atoms with Gasteiger partial charge in [0, 0.05) is 11.8 Å². The summed E-state index contributed by atoms with van der Waals surface area (Å²) < 4.78 is 12.2. The number of benzene rings is 1. The van der Waals surface area contributed by atoms with Crippen molar-refractivity contribution < 1.29 is 19.1 Å². The van der Waals surface area contributed by atoms with Crippen LogP contribution in [0.25, 0.3) is 0 Å². The maximum absolute atomic E-state index is 13.3. The van der Waals surface area contributed by atoms with Gasteiger partial charge in [0.25, 0.3) is 0 Å². The van der Waals surface area contributed by atoms with Crippen molar-refractivity contribution in [3.8, 4) is 0 Å². The zero-order valence-corrected chi connectivity index (χ0v) is 27.5. The molecule has 6 rings (SSSR count). The number of ketones is 1. The van der Waals surface area contributed by atoms with Crippen LogP contribution >= 0.6 is 0 Å². The Kier molecular flexibility index (Phi) is 7.01. The monoisotopic (exact) mass is 574 g/mol. The van der Waals surface area contributed by atoms with Crippen molar-refractivity contribution >= 4 is 11.8 Å². The van der Waals surface area contributed by atoms with E-state index in [-0.39, 0.29) is 50.8 Å². The third kappa shape index (κ3) is 4.02. The molecule has 0 saturated heterocycles. The summed E-state index contributed by atoms with van der Waals surface area (Å²) in [5.74, 6) is 0.745. The van der Waals surface area contributed by atoms with E-state index in [1.54, 1.807) is 5.57 Å². The summed E-state index contributed by atoms with van der Waals surface area (Å²) in [6, 6.07) is 10.6. The molecule has 0 heterocycles. The van der Waals surface area contributed by atoms with Crippen LogP contribution in [0.4, 0.5) is 0 Å². The molecule has 2 unspecified atom stereocenters. The molecular formula is C38H54O4. The summed E-state index contributed by atoms with van der Waals surface area (Å²) in [5.41, 5.74) is 2.43. The summed E-state index contributed by atoms with van der Waals surface area (Å²) >= 11 is 0. The largest absolute Gasteiger partial charge is 0.468 e. The predicted octanol–water partition coefficient (Wildman–Crippen LogP) is 8.73. The van der Waals surface area contributed by atoms with Gasteiger partial charge in [-0.1, -0.05) is 83.5 Å². The van der Waals surface area contributed by atoms with E-state index in [1.165, 1.54) is 31.9 Å². The Hall–Kier alpha value is -1.94. The van der Waals surface area contributed by atoms with Gasteiger partial charge < -0.3 is 9.47 Å². The van der Waals surface area contributed by atoms with Crippen LogP contribution in [0, 0.1) is 50.2 Å². The van der Waals surface area contributed by atoms with Gasteiger partial charge in [0.05, 0.1) is 19.8 Å². The van der Waals surface area contributed by atoms with Crippen molar-refractivity contribution in [3.63, 3.8) is 0 Å². The number of hydrogen-bond acceptors (Lipinski definition) is 4. The molecule has 0 aliphatic heterocycles. The van der Waals surface area contributed by atoms with Gasteiger partial charge in [-0.25, -0.2) is 0 Å². The topological polar surface area (TPSA) is 52.6 Å². The second-order valence-corrected chi connectivity index (χ2v) is 16.8. The van der Waals surface area contributed by atoms with E-state index in [1.807, 2.05) is 6.92 Å². The third-order valence-corrected chi connectivity index (χ3v) is 14.4. The molecule has 5 aliphatic rings. The molecule has 4 heteroatoms. The number of fused-ring (bicyclic) bond motifs is 7. The number of carbonyl (C=O) groups is 2. The van der Waals surface area contributed by atoms with Crippen molar-refractivity contribution in [3.05, 3.63) is 47.5 Å². The van der Waals surface area contributed by atoms with Crippen LogP contribution in [-0.4, -0.2) is 25.0 Å². The number of allylic oxidation sites excluding steroid dienone is 2. The van der Waals surface area contributed by atoms with Gasteiger partial charge in [-0.3, -0.25) is 9.59 Å². The minimum Gasteiger partial charge on any atom is -0.468 e. The van der Waals surface area contributed by atoms with Gasteiger partial charge >= 0.3 is 5.97 Å². The highest BCUT2D eigenvalue weighted by Crippen LogP contribution is 2.75. The Labute approximate surface area is 254 Å². The SMILES string of the molecule is COC(=O)C1(C)C(=O)CC[C@@]2(C)C1CC[C@]1(C)[C@@H]2CC=C2[C@H]3CC(C)(C)C[C@@H](OCc4ccccc4)[C@]3(C)CC[C@]21C. The number of hydrogen-bond donors (Lipinski definition) is 0. The first-order valence-corrected chi connectivity index (χ1v) is 16.6. The molecule has 0 N–H and O–H groups in total. The molecule has 0 radical (unpaired) electrons. The summed E-state index contributed by atoms with van der Waals surface area (Å²) in [4.78, 5) is 26.5. The lowest BCUT2D eigenvalue weighted by Gasteiger charge is -2.71. The van der Waals surface area contributed by atoms with E-state index < -0.39 is 5.41 Å². The van der Waals surface area contributed by atoms with Gasteiger partial charge in [-0.2, -0.15) is 0 Å². The number of ether oxygens (including phenoxy) is 2. The summed E-state index contributed by atoms with van der Waals surface area (Å²) in [5, 5.41) is 0. The van der Waals surface area contributed by atoms with E-state index >= 15 is 0 Å². The van der Waals surface area contributed by atoms with Crippen molar-refractivity contribution in [1.29, 1.82) is 0 Å². The van der Waals surface area contributed by atoms with Crippen molar-refractivity contribution in [1.82, 2.24) is 0 Å². The Morgan fingerprint density at radius 3 is 2.29 bits per heavy atom. The Bertz CT molecular complexity index is 1270. The van der Waals surface area contributed by atoms with E-state index in [4.69, 9.17) is 9.47 Å². The summed E-state index contributed by atoms with van der Waals surface area (Å²) in [6.45, 7) is 17.6. The van der Waals surface area contributed by atoms with Crippen LogP contribution in [0.5, 0.6) is 0 Å². The number of Topliss-reactive ketones (excluding diaryl/α,β-unsaturated/α-hetero) is 1. The molecule has 0 bridgehead atoms. The minimum atomic E-state index is -1.03. The molecule has 1 aromatic rings. The zero-order chi connectivity index (χ0) is 30.3.